The number of hydrogen-bond donors (Lipinski definition) is 1. The molecule has 1 heterocycles. The number of rotatable bonds is 3. The van der Waals surface area contributed by atoms with Gasteiger partial charge in [-0.1, -0.05) is 22.9 Å². The Hall–Kier alpha value is -1.36. The summed E-state index contributed by atoms with van der Waals surface area (Å²) in [6.07, 6.45) is 2.16. The molecule has 126 valence electrons. The molecule has 2 amide bonds. The van der Waals surface area contributed by atoms with Gasteiger partial charge in [0.2, 0.25) is 11.8 Å². The first-order chi connectivity index (χ1) is 10.7. The number of aryl methyl sites for hydroxylation is 1. The first-order valence-electron chi connectivity index (χ1n) is 8.09. The Morgan fingerprint density at radius 3 is 2.65 bits per heavy atom. The number of halogens is 1. The van der Waals surface area contributed by atoms with Crippen molar-refractivity contribution in [3.63, 3.8) is 0 Å². The molecule has 1 N–H and O–H groups in total. The summed E-state index contributed by atoms with van der Waals surface area (Å²) >= 11 is 3.41. The Morgan fingerprint density at radius 2 is 2.04 bits per heavy atom. The zero-order valence-electron chi connectivity index (χ0n) is 14.3. The number of nitrogens with one attached hydrogen (secondary N) is 1. The topological polar surface area (TPSA) is 49.4 Å². The quantitative estimate of drug-likeness (QED) is 0.806. The van der Waals surface area contributed by atoms with Crippen LogP contribution in [0.15, 0.2) is 22.7 Å². The largest absolute Gasteiger partial charge is 0.342 e. The summed E-state index contributed by atoms with van der Waals surface area (Å²) in [4.78, 5) is 27.3. The van der Waals surface area contributed by atoms with E-state index < -0.39 is 5.41 Å². The highest BCUT2D eigenvalue weighted by Gasteiger charge is 2.40. The van der Waals surface area contributed by atoms with Gasteiger partial charge in [0.15, 0.2) is 0 Å². The molecule has 1 aromatic carbocycles. The summed E-state index contributed by atoms with van der Waals surface area (Å²) in [7, 11) is 0. The smallest absolute Gasteiger partial charge is 0.239 e. The van der Waals surface area contributed by atoms with E-state index in [-0.39, 0.29) is 11.8 Å². The minimum atomic E-state index is -1.07. The Balaban J connectivity index is 2.11. The third-order valence-corrected chi connectivity index (χ3v) is 4.98. The molecule has 1 fully saturated rings. The van der Waals surface area contributed by atoms with Crippen molar-refractivity contribution in [1.82, 2.24) is 4.90 Å². The van der Waals surface area contributed by atoms with Crippen LogP contribution in [0.3, 0.4) is 0 Å². The van der Waals surface area contributed by atoms with Gasteiger partial charge in [-0.25, -0.2) is 0 Å². The zero-order valence-corrected chi connectivity index (χ0v) is 15.9. The number of likely N-dealkylation sites (tertiary alicyclic amines) is 1. The van der Waals surface area contributed by atoms with Gasteiger partial charge >= 0.3 is 0 Å². The third-order valence-electron chi connectivity index (χ3n) is 4.48. The fourth-order valence-electron chi connectivity index (χ4n) is 2.91. The maximum absolute atomic E-state index is 12.8. The molecular formula is C18H25BrN2O2. The van der Waals surface area contributed by atoms with Crippen LogP contribution in [0.4, 0.5) is 5.69 Å². The van der Waals surface area contributed by atoms with Crippen molar-refractivity contribution in [2.75, 3.05) is 18.4 Å². The van der Waals surface area contributed by atoms with Crippen molar-refractivity contribution in [1.29, 1.82) is 0 Å². The van der Waals surface area contributed by atoms with Gasteiger partial charge in [0.25, 0.3) is 0 Å². The van der Waals surface area contributed by atoms with E-state index in [1.165, 1.54) is 0 Å². The number of nitrogens with zero attached hydrogens (tertiary/aromatic N) is 1. The van der Waals surface area contributed by atoms with Crippen LogP contribution >= 0.6 is 15.9 Å². The van der Waals surface area contributed by atoms with E-state index in [1.54, 1.807) is 13.8 Å². The number of anilines is 1. The Morgan fingerprint density at radius 1 is 1.35 bits per heavy atom. The molecular weight excluding hydrogens is 356 g/mol. The van der Waals surface area contributed by atoms with E-state index in [0.29, 0.717) is 5.92 Å². The lowest BCUT2D eigenvalue weighted by atomic mass is 9.88. The zero-order chi connectivity index (χ0) is 17.2. The van der Waals surface area contributed by atoms with Crippen molar-refractivity contribution in [3.05, 3.63) is 28.2 Å². The molecule has 1 unspecified atom stereocenters. The fourth-order valence-corrected chi connectivity index (χ4v) is 3.39. The van der Waals surface area contributed by atoms with E-state index in [0.717, 1.165) is 41.7 Å². The van der Waals surface area contributed by atoms with Crippen molar-refractivity contribution in [3.8, 4) is 0 Å². The van der Waals surface area contributed by atoms with Crippen LogP contribution in [0.1, 0.15) is 39.2 Å². The monoisotopic (exact) mass is 380 g/mol. The summed E-state index contributed by atoms with van der Waals surface area (Å²) in [6.45, 7) is 8.99. The Kier molecular flexibility index (Phi) is 5.50. The molecule has 2 rings (SSSR count). The molecule has 1 aromatic rings. The summed E-state index contributed by atoms with van der Waals surface area (Å²) < 4.78 is 0.964. The van der Waals surface area contributed by atoms with Gasteiger partial charge in [-0.2, -0.15) is 0 Å². The molecule has 0 spiro atoms. The van der Waals surface area contributed by atoms with Gasteiger partial charge in [0.1, 0.15) is 5.41 Å². The first-order valence-corrected chi connectivity index (χ1v) is 8.88. The highest BCUT2D eigenvalue weighted by Crippen LogP contribution is 2.27. The summed E-state index contributed by atoms with van der Waals surface area (Å²) in [6, 6.07) is 5.67. The third kappa shape index (κ3) is 4.14. The second-order valence-corrected chi connectivity index (χ2v) is 7.95. The number of amides is 2. The minimum absolute atomic E-state index is 0.0867. The van der Waals surface area contributed by atoms with Crippen LogP contribution < -0.4 is 5.32 Å². The van der Waals surface area contributed by atoms with Gasteiger partial charge < -0.3 is 10.2 Å². The van der Waals surface area contributed by atoms with Crippen molar-refractivity contribution in [2.24, 2.45) is 11.3 Å². The second-order valence-electron chi connectivity index (χ2n) is 7.04. The Labute approximate surface area is 146 Å². The summed E-state index contributed by atoms with van der Waals surface area (Å²) in [5, 5.41) is 2.90. The SMILES string of the molecule is Cc1cc(Br)ccc1NC(=O)C(C)(C)C(=O)N1CCCC(C)C1. The average Bonchev–Trinajstić information content (AvgIpc) is 2.49. The molecule has 0 bridgehead atoms. The predicted octanol–water partition coefficient (Wildman–Crippen LogP) is 3.98. The van der Waals surface area contributed by atoms with Crippen LogP contribution in [0, 0.1) is 18.3 Å². The highest BCUT2D eigenvalue weighted by molar-refractivity contribution is 9.10. The maximum atomic E-state index is 12.8. The van der Waals surface area contributed by atoms with Gasteiger partial charge in [-0.05, 0) is 63.3 Å². The van der Waals surface area contributed by atoms with Gasteiger partial charge in [-0.15, -0.1) is 0 Å². The molecule has 5 heteroatoms. The lowest BCUT2D eigenvalue weighted by Gasteiger charge is -2.36. The van der Waals surface area contributed by atoms with Crippen molar-refractivity contribution in [2.45, 2.75) is 40.5 Å². The first kappa shape index (κ1) is 18.0. The highest BCUT2D eigenvalue weighted by atomic mass is 79.9. The van der Waals surface area contributed by atoms with Gasteiger partial charge in [0.05, 0.1) is 0 Å². The molecule has 1 aliphatic rings. The molecule has 0 aliphatic carbocycles. The molecule has 0 saturated carbocycles. The van der Waals surface area contributed by atoms with Crippen LogP contribution in [0.5, 0.6) is 0 Å². The lowest BCUT2D eigenvalue weighted by molar-refractivity contribution is -0.147. The second kappa shape index (κ2) is 7.04. The van der Waals surface area contributed by atoms with E-state index >= 15 is 0 Å². The molecule has 0 aromatic heterocycles. The average molecular weight is 381 g/mol. The van der Waals surface area contributed by atoms with Gasteiger partial charge in [0, 0.05) is 23.2 Å². The van der Waals surface area contributed by atoms with Crippen molar-refractivity contribution >= 4 is 33.4 Å². The number of benzene rings is 1. The normalized spacial score (nSPS) is 18.7. The van der Waals surface area contributed by atoms with E-state index in [4.69, 9.17) is 0 Å². The Bertz CT molecular complexity index is 613. The van der Waals surface area contributed by atoms with Crippen LogP contribution in [-0.2, 0) is 9.59 Å². The lowest BCUT2D eigenvalue weighted by Crippen LogP contribution is -2.50. The number of piperidine rings is 1. The van der Waals surface area contributed by atoms with Gasteiger partial charge in [-0.3, -0.25) is 9.59 Å². The van der Waals surface area contributed by atoms with Crippen LogP contribution in [0.2, 0.25) is 0 Å². The summed E-state index contributed by atoms with van der Waals surface area (Å²) in [5.41, 5.74) is 0.630. The molecule has 1 saturated heterocycles. The van der Waals surface area contributed by atoms with E-state index in [9.17, 15) is 9.59 Å². The number of carbonyl (C=O) groups excluding carboxylic acids is 2. The molecule has 23 heavy (non-hydrogen) atoms. The predicted molar refractivity (Wildman–Crippen MR) is 96.3 cm³/mol. The van der Waals surface area contributed by atoms with Crippen molar-refractivity contribution < 1.29 is 9.59 Å². The fraction of sp³-hybridized carbons (Fsp3) is 0.556. The minimum Gasteiger partial charge on any atom is -0.342 e. The van der Waals surface area contributed by atoms with Crippen LogP contribution in [0.25, 0.3) is 0 Å². The molecule has 1 aliphatic heterocycles. The van der Waals surface area contributed by atoms with E-state index in [2.05, 4.69) is 28.2 Å². The molecule has 4 nitrogen and oxygen atoms in total. The standard InChI is InChI=1S/C18H25BrN2O2/c1-12-6-5-9-21(11-12)17(23)18(3,4)16(22)20-15-8-7-14(19)10-13(15)2/h7-8,10,12H,5-6,9,11H2,1-4H3,(H,20,22). The number of hydrogen-bond acceptors (Lipinski definition) is 2. The van der Waals surface area contributed by atoms with E-state index in [1.807, 2.05) is 30.0 Å². The molecule has 0 radical (unpaired) electrons. The number of carbonyl (C=O) groups is 2. The molecule has 1 atom stereocenters. The maximum Gasteiger partial charge on any atom is 0.239 e. The van der Waals surface area contributed by atoms with Crippen LogP contribution in [-0.4, -0.2) is 29.8 Å². The summed E-state index contributed by atoms with van der Waals surface area (Å²) in [5.74, 6) is 0.155.